The fraction of sp³-hybridized carbons (Fsp3) is 0.393. The van der Waals surface area contributed by atoms with Crippen LogP contribution in [0.15, 0.2) is 65.1 Å². The van der Waals surface area contributed by atoms with E-state index in [1.54, 1.807) is 20.3 Å². The van der Waals surface area contributed by atoms with Crippen molar-refractivity contribution in [1.29, 1.82) is 0 Å². The molecule has 3 rings (SSSR count). The van der Waals surface area contributed by atoms with Gasteiger partial charge in [0.15, 0.2) is 17.3 Å². The predicted octanol–water partition coefficient (Wildman–Crippen LogP) is 5.76. The largest absolute Gasteiger partial charge is 0.493 e. The molecule has 0 saturated heterocycles. The van der Waals surface area contributed by atoms with Crippen LogP contribution in [-0.2, 0) is 19.6 Å². The van der Waals surface area contributed by atoms with Crippen molar-refractivity contribution in [3.8, 4) is 11.5 Å². The van der Waals surface area contributed by atoms with Gasteiger partial charge in [0.2, 0.25) is 0 Å². The van der Waals surface area contributed by atoms with Crippen molar-refractivity contribution in [1.82, 2.24) is 9.80 Å². The molecule has 0 N–H and O–H groups in total. The van der Waals surface area contributed by atoms with Crippen LogP contribution in [0.4, 0.5) is 0 Å². The van der Waals surface area contributed by atoms with Gasteiger partial charge in [-0.3, -0.25) is 9.69 Å². The maximum absolute atomic E-state index is 12.9. The Morgan fingerprint density at radius 3 is 2.12 bits per heavy atom. The van der Waals surface area contributed by atoms with Crippen molar-refractivity contribution in [2.45, 2.75) is 46.3 Å². The van der Waals surface area contributed by atoms with Gasteiger partial charge in [0.05, 0.1) is 20.8 Å². The van der Waals surface area contributed by atoms with Crippen LogP contribution in [0.1, 0.15) is 54.1 Å². The molecule has 1 amide bonds. The molecule has 0 aliphatic heterocycles. The Labute approximate surface area is 203 Å². The molecule has 0 spiro atoms. The van der Waals surface area contributed by atoms with Crippen molar-refractivity contribution in [3.63, 3.8) is 0 Å². The van der Waals surface area contributed by atoms with Gasteiger partial charge in [0, 0.05) is 26.2 Å². The van der Waals surface area contributed by atoms with Crippen LogP contribution in [-0.4, -0.2) is 43.0 Å². The number of nitrogens with zero attached hydrogens (tertiary/aromatic N) is 2. The van der Waals surface area contributed by atoms with Gasteiger partial charge in [0.1, 0.15) is 5.76 Å². The lowest BCUT2D eigenvalue weighted by molar-refractivity contribution is 0.0719. The van der Waals surface area contributed by atoms with Crippen molar-refractivity contribution in [2.75, 3.05) is 27.3 Å². The molecule has 1 heterocycles. The Balaban J connectivity index is 1.79. The summed E-state index contributed by atoms with van der Waals surface area (Å²) in [6.45, 7) is 7.66. The zero-order valence-corrected chi connectivity index (χ0v) is 20.8. The number of carbonyl (C=O) groups excluding carboxylic acids is 1. The summed E-state index contributed by atoms with van der Waals surface area (Å²) in [5, 5.41) is 0. The third kappa shape index (κ3) is 6.87. The van der Waals surface area contributed by atoms with E-state index in [-0.39, 0.29) is 5.91 Å². The number of hydrogen-bond donors (Lipinski definition) is 0. The molecule has 2 aromatic carbocycles. The molecule has 0 atom stereocenters. The minimum absolute atomic E-state index is 0.0375. The van der Waals surface area contributed by atoms with Crippen LogP contribution in [0.25, 0.3) is 0 Å². The minimum Gasteiger partial charge on any atom is -0.493 e. The predicted molar refractivity (Wildman–Crippen MR) is 134 cm³/mol. The van der Waals surface area contributed by atoms with E-state index in [1.807, 2.05) is 47.4 Å². The Bertz CT molecular complexity index is 1030. The van der Waals surface area contributed by atoms with Crippen LogP contribution in [0.2, 0.25) is 0 Å². The molecule has 6 heteroatoms. The number of hydrogen-bond acceptors (Lipinski definition) is 5. The summed E-state index contributed by atoms with van der Waals surface area (Å²) in [5.74, 6) is 2.55. The number of benzene rings is 2. The third-order valence-electron chi connectivity index (χ3n) is 5.63. The smallest absolute Gasteiger partial charge is 0.289 e. The molecule has 0 saturated carbocycles. The van der Waals surface area contributed by atoms with Gasteiger partial charge in [-0.05, 0) is 48.2 Å². The molecule has 3 aromatic rings. The molecular weight excluding hydrogens is 428 g/mol. The molecular formula is C28H36N2O4. The van der Waals surface area contributed by atoms with E-state index in [9.17, 15) is 4.79 Å². The quantitative estimate of drug-likeness (QED) is 0.322. The summed E-state index contributed by atoms with van der Waals surface area (Å²) in [6.07, 6.45) is 1.85. The lowest BCUT2D eigenvalue weighted by atomic mass is 10.1. The summed E-state index contributed by atoms with van der Waals surface area (Å²) in [5.41, 5.74) is 2.32. The normalized spacial score (nSPS) is 11.0. The highest BCUT2D eigenvalue weighted by Crippen LogP contribution is 2.28. The number of rotatable bonds is 13. The van der Waals surface area contributed by atoms with E-state index in [0.717, 1.165) is 43.8 Å². The first-order valence-electron chi connectivity index (χ1n) is 11.9. The SMILES string of the molecule is CCCN(CCC)C(=O)c1ccc(CN(Cc2ccccc2)Cc2ccc(OC)c(OC)c2)o1. The van der Waals surface area contributed by atoms with E-state index in [0.29, 0.717) is 30.3 Å². The second-order valence-electron chi connectivity index (χ2n) is 8.38. The number of carbonyl (C=O) groups is 1. The average Bonchev–Trinajstić information content (AvgIpc) is 3.32. The lowest BCUT2D eigenvalue weighted by Gasteiger charge is -2.22. The zero-order chi connectivity index (χ0) is 24.3. The second kappa shape index (κ2) is 12.8. The molecule has 6 nitrogen and oxygen atoms in total. The Kier molecular flexibility index (Phi) is 9.59. The summed E-state index contributed by atoms with van der Waals surface area (Å²) >= 11 is 0. The van der Waals surface area contributed by atoms with Gasteiger partial charge in [-0.25, -0.2) is 0 Å². The average molecular weight is 465 g/mol. The Morgan fingerprint density at radius 2 is 1.47 bits per heavy atom. The van der Waals surface area contributed by atoms with Gasteiger partial charge in [-0.2, -0.15) is 0 Å². The summed E-state index contributed by atoms with van der Waals surface area (Å²) < 4.78 is 16.9. The van der Waals surface area contributed by atoms with E-state index in [2.05, 4.69) is 30.9 Å². The van der Waals surface area contributed by atoms with E-state index < -0.39 is 0 Å². The highest BCUT2D eigenvalue weighted by atomic mass is 16.5. The highest BCUT2D eigenvalue weighted by Gasteiger charge is 2.19. The molecule has 182 valence electrons. The summed E-state index contributed by atoms with van der Waals surface area (Å²) in [4.78, 5) is 17.1. The molecule has 0 bridgehead atoms. The van der Waals surface area contributed by atoms with Crippen molar-refractivity contribution in [3.05, 3.63) is 83.3 Å². The maximum Gasteiger partial charge on any atom is 0.289 e. The number of amides is 1. The maximum atomic E-state index is 12.9. The molecule has 1 aromatic heterocycles. The van der Waals surface area contributed by atoms with Crippen molar-refractivity contribution in [2.24, 2.45) is 0 Å². The monoisotopic (exact) mass is 464 g/mol. The number of methoxy groups -OCH3 is 2. The van der Waals surface area contributed by atoms with Crippen LogP contribution >= 0.6 is 0 Å². The van der Waals surface area contributed by atoms with Gasteiger partial charge in [-0.15, -0.1) is 0 Å². The first-order chi connectivity index (χ1) is 16.6. The minimum atomic E-state index is -0.0375. The van der Waals surface area contributed by atoms with Crippen molar-refractivity contribution < 1.29 is 18.7 Å². The number of ether oxygens (including phenoxy) is 2. The molecule has 0 aliphatic carbocycles. The third-order valence-corrected chi connectivity index (χ3v) is 5.63. The molecule has 34 heavy (non-hydrogen) atoms. The lowest BCUT2D eigenvalue weighted by Crippen LogP contribution is -2.32. The molecule has 0 radical (unpaired) electrons. The van der Waals surface area contributed by atoms with Gasteiger partial charge in [-0.1, -0.05) is 50.2 Å². The van der Waals surface area contributed by atoms with Crippen LogP contribution in [0, 0.1) is 0 Å². The van der Waals surface area contributed by atoms with E-state index in [4.69, 9.17) is 13.9 Å². The van der Waals surface area contributed by atoms with E-state index >= 15 is 0 Å². The highest BCUT2D eigenvalue weighted by molar-refractivity contribution is 5.91. The topological polar surface area (TPSA) is 55.2 Å². The molecule has 0 fully saturated rings. The Hall–Kier alpha value is -3.25. The fourth-order valence-electron chi connectivity index (χ4n) is 4.06. The fourth-order valence-corrected chi connectivity index (χ4v) is 4.06. The number of furan rings is 1. The molecule has 0 aliphatic rings. The Morgan fingerprint density at radius 1 is 0.794 bits per heavy atom. The van der Waals surface area contributed by atoms with Gasteiger partial charge >= 0.3 is 0 Å². The first-order valence-corrected chi connectivity index (χ1v) is 11.9. The van der Waals surface area contributed by atoms with Crippen LogP contribution in [0.3, 0.4) is 0 Å². The van der Waals surface area contributed by atoms with Gasteiger partial charge in [0.25, 0.3) is 5.91 Å². The standard InChI is InChI=1S/C28H36N2O4/c1-5-16-30(17-6-2)28(31)26-15-13-24(34-26)21-29(19-22-10-8-7-9-11-22)20-23-12-14-25(32-3)27(18-23)33-4/h7-15,18H,5-6,16-17,19-21H2,1-4H3. The zero-order valence-electron chi connectivity index (χ0n) is 20.8. The summed E-state index contributed by atoms with van der Waals surface area (Å²) in [6, 6.07) is 20.0. The summed E-state index contributed by atoms with van der Waals surface area (Å²) in [7, 11) is 3.28. The van der Waals surface area contributed by atoms with Crippen LogP contribution < -0.4 is 9.47 Å². The first kappa shape index (κ1) is 25.4. The van der Waals surface area contributed by atoms with E-state index in [1.165, 1.54) is 5.56 Å². The van der Waals surface area contributed by atoms with Crippen molar-refractivity contribution >= 4 is 5.91 Å². The van der Waals surface area contributed by atoms with Crippen LogP contribution in [0.5, 0.6) is 11.5 Å². The van der Waals surface area contributed by atoms with Gasteiger partial charge < -0.3 is 18.8 Å². The molecule has 0 unspecified atom stereocenters. The second-order valence-corrected chi connectivity index (χ2v) is 8.38.